The van der Waals surface area contributed by atoms with E-state index in [1.54, 1.807) is 19.5 Å². The molecule has 27 heavy (non-hydrogen) atoms. The highest BCUT2D eigenvalue weighted by molar-refractivity contribution is 6.04. The average molecular weight is 370 g/mol. The number of esters is 1. The molecule has 1 aliphatic heterocycles. The maximum atomic E-state index is 13.1. The van der Waals surface area contributed by atoms with Gasteiger partial charge < -0.3 is 14.8 Å². The summed E-state index contributed by atoms with van der Waals surface area (Å²) >= 11 is 0. The summed E-state index contributed by atoms with van der Waals surface area (Å²) in [5.74, 6) is -0.832. The maximum absolute atomic E-state index is 13.1. The summed E-state index contributed by atoms with van der Waals surface area (Å²) < 4.78 is 10.3. The summed E-state index contributed by atoms with van der Waals surface area (Å²) in [6.45, 7) is 6.51. The molecule has 0 saturated heterocycles. The fraction of sp³-hybridized carbons (Fsp3) is 0.476. The summed E-state index contributed by atoms with van der Waals surface area (Å²) in [6, 6.07) is 3.72. The van der Waals surface area contributed by atoms with Crippen molar-refractivity contribution in [3.05, 3.63) is 52.6 Å². The molecular weight excluding hydrogens is 344 g/mol. The molecule has 0 amide bonds. The standard InChI is InChI=1S/C21H26N2O4/c1-13-17(20(25)27-9-8-26-4)18(14-6-5-7-22-12-14)19-15(23-13)10-21(2,3)11-16(19)24/h5-7,12,18,23H,8-11H2,1-4H3/t18-/m0/s1. The van der Waals surface area contributed by atoms with E-state index < -0.39 is 11.9 Å². The third kappa shape index (κ3) is 3.95. The topological polar surface area (TPSA) is 77.5 Å². The first-order valence-electron chi connectivity index (χ1n) is 9.14. The molecular formula is C21H26N2O4. The maximum Gasteiger partial charge on any atom is 0.336 e. The van der Waals surface area contributed by atoms with Gasteiger partial charge in [0, 0.05) is 48.8 Å². The zero-order valence-electron chi connectivity index (χ0n) is 16.3. The van der Waals surface area contributed by atoms with Crippen LogP contribution in [-0.2, 0) is 19.1 Å². The van der Waals surface area contributed by atoms with E-state index in [4.69, 9.17) is 9.47 Å². The molecule has 6 nitrogen and oxygen atoms in total. The van der Waals surface area contributed by atoms with Gasteiger partial charge in [-0.1, -0.05) is 19.9 Å². The number of aromatic nitrogens is 1. The van der Waals surface area contributed by atoms with E-state index in [1.807, 2.05) is 19.1 Å². The van der Waals surface area contributed by atoms with Crippen LogP contribution in [0.2, 0.25) is 0 Å². The van der Waals surface area contributed by atoms with Crippen molar-refractivity contribution in [2.45, 2.75) is 39.5 Å². The lowest BCUT2D eigenvalue weighted by Crippen LogP contribution is -2.38. The van der Waals surface area contributed by atoms with Gasteiger partial charge in [-0.15, -0.1) is 0 Å². The Hall–Kier alpha value is -2.47. The first-order valence-corrected chi connectivity index (χ1v) is 9.14. The van der Waals surface area contributed by atoms with Crippen molar-refractivity contribution < 1.29 is 19.1 Å². The van der Waals surface area contributed by atoms with Crippen molar-refractivity contribution in [1.82, 2.24) is 10.3 Å². The van der Waals surface area contributed by atoms with E-state index in [9.17, 15) is 9.59 Å². The molecule has 1 aromatic rings. The third-order valence-corrected chi connectivity index (χ3v) is 5.00. The van der Waals surface area contributed by atoms with Crippen molar-refractivity contribution in [3.8, 4) is 0 Å². The molecule has 2 aliphatic rings. The number of hydrogen-bond donors (Lipinski definition) is 1. The minimum absolute atomic E-state index is 0.0669. The summed E-state index contributed by atoms with van der Waals surface area (Å²) in [5, 5.41) is 3.31. The van der Waals surface area contributed by atoms with Crippen molar-refractivity contribution in [1.29, 1.82) is 0 Å². The number of carbonyl (C=O) groups is 2. The second kappa shape index (κ2) is 7.64. The van der Waals surface area contributed by atoms with Crippen LogP contribution >= 0.6 is 0 Å². The van der Waals surface area contributed by atoms with Gasteiger partial charge in [0.05, 0.1) is 12.2 Å². The molecule has 0 spiro atoms. The number of Topliss-reactive ketones (excluding diaryl/α,β-unsaturated/α-hetero) is 1. The van der Waals surface area contributed by atoms with Gasteiger partial charge in [-0.25, -0.2) is 4.79 Å². The number of ketones is 1. The van der Waals surface area contributed by atoms with Gasteiger partial charge in [0.1, 0.15) is 6.61 Å². The number of carbonyl (C=O) groups excluding carboxylic acids is 2. The highest BCUT2D eigenvalue weighted by atomic mass is 16.6. The minimum Gasteiger partial charge on any atom is -0.460 e. The Balaban J connectivity index is 2.06. The second-order valence-corrected chi connectivity index (χ2v) is 7.84. The normalized spacial score (nSPS) is 21.6. The summed E-state index contributed by atoms with van der Waals surface area (Å²) in [4.78, 5) is 30.1. The van der Waals surface area contributed by atoms with Crippen LogP contribution in [0.5, 0.6) is 0 Å². The van der Waals surface area contributed by atoms with E-state index >= 15 is 0 Å². The van der Waals surface area contributed by atoms with Gasteiger partial charge in [-0.05, 0) is 30.4 Å². The predicted octanol–water partition coefficient (Wildman–Crippen LogP) is 2.88. The van der Waals surface area contributed by atoms with Crippen LogP contribution in [0.15, 0.2) is 47.1 Å². The van der Waals surface area contributed by atoms with E-state index in [0.717, 1.165) is 23.4 Å². The molecule has 144 valence electrons. The van der Waals surface area contributed by atoms with Crippen LogP contribution in [0, 0.1) is 5.41 Å². The van der Waals surface area contributed by atoms with Crippen molar-refractivity contribution >= 4 is 11.8 Å². The second-order valence-electron chi connectivity index (χ2n) is 7.84. The van der Waals surface area contributed by atoms with E-state index in [0.29, 0.717) is 24.2 Å². The Labute approximate surface area is 159 Å². The zero-order valence-corrected chi connectivity index (χ0v) is 16.3. The third-order valence-electron chi connectivity index (χ3n) is 5.00. The van der Waals surface area contributed by atoms with Crippen LogP contribution in [0.4, 0.5) is 0 Å². The number of hydrogen-bond acceptors (Lipinski definition) is 6. The summed E-state index contributed by atoms with van der Waals surface area (Å²) in [7, 11) is 1.55. The Bertz CT molecular complexity index is 809. The number of methoxy groups -OCH3 is 1. The zero-order chi connectivity index (χ0) is 19.6. The summed E-state index contributed by atoms with van der Waals surface area (Å²) in [6.07, 6.45) is 4.60. The van der Waals surface area contributed by atoms with Crippen LogP contribution in [0.25, 0.3) is 0 Å². The highest BCUT2D eigenvalue weighted by Crippen LogP contribution is 2.46. The van der Waals surface area contributed by atoms with Crippen LogP contribution in [-0.4, -0.2) is 37.1 Å². The molecule has 2 heterocycles. The molecule has 0 bridgehead atoms. The molecule has 3 rings (SSSR count). The Morgan fingerprint density at radius 2 is 2.11 bits per heavy atom. The van der Waals surface area contributed by atoms with E-state index in [-0.39, 0.29) is 17.8 Å². The molecule has 0 saturated carbocycles. The van der Waals surface area contributed by atoms with E-state index in [1.165, 1.54) is 0 Å². The molecule has 0 aromatic carbocycles. The van der Waals surface area contributed by atoms with Crippen LogP contribution in [0.1, 0.15) is 45.1 Å². The van der Waals surface area contributed by atoms with Gasteiger partial charge in [0.2, 0.25) is 0 Å². The number of nitrogens with one attached hydrogen (secondary N) is 1. The number of pyridine rings is 1. The highest BCUT2D eigenvalue weighted by Gasteiger charge is 2.43. The SMILES string of the molecule is COCCOC(=O)C1=C(C)NC2=C(C(=O)CC(C)(C)C2)[C@H]1c1cccnc1. The van der Waals surface area contributed by atoms with Crippen molar-refractivity contribution in [2.75, 3.05) is 20.3 Å². The summed E-state index contributed by atoms with van der Waals surface area (Å²) in [5.41, 5.74) is 3.45. The average Bonchev–Trinajstić information content (AvgIpc) is 2.60. The lowest BCUT2D eigenvalue weighted by molar-refractivity contribution is -0.140. The van der Waals surface area contributed by atoms with Gasteiger partial charge in [0.15, 0.2) is 5.78 Å². The Kier molecular flexibility index (Phi) is 5.46. The molecule has 1 aromatic heterocycles. The monoisotopic (exact) mass is 370 g/mol. The molecule has 6 heteroatoms. The predicted molar refractivity (Wildman–Crippen MR) is 101 cm³/mol. The molecule has 1 aliphatic carbocycles. The fourth-order valence-corrected chi connectivity index (χ4v) is 3.88. The first-order chi connectivity index (χ1) is 12.8. The van der Waals surface area contributed by atoms with Crippen LogP contribution < -0.4 is 5.32 Å². The van der Waals surface area contributed by atoms with Gasteiger partial charge >= 0.3 is 5.97 Å². The Morgan fingerprint density at radius 3 is 2.78 bits per heavy atom. The van der Waals surface area contributed by atoms with Crippen LogP contribution in [0.3, 0.4) is 0 Å². The van der Waals surface area contributed by atoms with Gasteiger partial charge in [-0.2, -0.15) is 0 Å². The quantitative estimate of drug-likeness (QED) is 0.634. The number of rotatable bonds is 5. The first kappa shape index (κ1) is 19.3. The number of dihydropyridines is 1. The molecule has 0 fully saturated rings. The van der Waals surface area contributed by atoms with Gasteiger partial charge in [0.25, 0.3) is 0 Å². The largest absolute Gasteiger partial charge is 0.460 e. The minimum atomic E-state index is -0.464. The fourth-order valence-electron chi connectivity index (χ4n) is 3.88. The van der Waals surface area contributed by atoms with Gasteiger partial charge in [-0.3, -0.25) is 9.78 Å². The number of nitrogens with zero attached hydrogens (tertiary/aromatic N) is 1. The molecule has 0 radical (unpaired) electrons. The van der Waals surface area contributed by atoms with Crippen molar-refractivity contribution in [3.63, 3.8) is 0 Å². The smallest absolute Gasteiger partial charge is 0.336 e. The molecule has 1 N–H and O–H groups in total. The lowest BCUT2D eigenvalue weighted by Gasteiger charge is -2.39. The van der Waals surface area contributed by atoms with Crippen molar-refractivity contribution in [2.24, 2.45) is 5.41 Å². The number of allylic oxidation sites excluding steroid dienone is 3. The number of ether oxygens (including phenoxy) is 2. The molecule has 0 unspecified atom stereocenters. The Morgan fingerprint density at radius 1 is 1.33 bits per heavy atom. The van der Waals surface area contributed by atoms with E-state index in [2.05, 4.69) is 24.1 Å². The lowest BCUT2D eigenvalue weighted by atomic mass is 9.69. The molecule has 1 atom stereocenters.